The lowest BCUT2D eigenvalue weighted by molar-refractivity contribution is -0.137. The fourth-order valence-electron chi connectivity index (χ4n) is 4.98. The number of benzene rings is 1. The summed E-state index contributed by atoms with van der Waals surface area (Å²) in [6, 6.07) is 10.1. The maximum atomic E-state index is 14.4. The van der Waals surface area contributed by atoms with Crippen LogP contribution in [0.3, 0.4) is 0 Å². The molecule has 200 valence electrons. The smallest absolute Gasteiger partial charge is 0.248 e. The average Bonchev–Trinajstić information content (AvgIpc) is 3.32. The molecule has 0 spiro atoms. The average molecular weight is 594 g/mol. The minimum atomic E-state index is -1.33. The topological polar surface area (TPSA) is 115 Å². The third-order valence-electron chi connectivity index (χ3n) is 7.06. The number of pyridine rings is 1. The second-order valence-corrected chi connectivity index (χ2v) is 10.8. The summed E-state index contributed by atoms with van der Waals surface area (Å²) < 4.78 is 18.4. The summed E-state index contributed by atoms with van der Waals surface area (Å²) in [6.07, 6.45) is 4.60. The van der Waals surface area contributed by atoms with Gasteiger partial charge in [0.05, 0.1) is 24.3 Å². The molecule has 4 heterocycles. The van der Waals surface area contributed by atoms with Gasteiger partial charge >= 0.3 is 0 Å². The third-order valence-corrected chi connectivity index (χ3v) is 7.51. The van der Waals surface area contributed by atoms with Crippen molar-refractivity contribution in [1.29, 1.82) is 0 Å². The maximum Gasteiger partial charge on any atom is 0.248 e. The number of hydrogen-bond acceptors (Lipinski definition) is 6. The number of Topliss-reactive ketones (excluding diaryl/α,β-unsaturated/α-hetero) is 1. The van der Waals surface area contributed by atoms with E-state index < -0.39 is 24.0 Å². The van der Waals surface area contributed by atoms with E-state index in [4.69, 9.17) is 0 Å². The molecule has 0 radical (unpaired) electrons. The Balaban J connectivity index is 1.25. The van der Waals surface area contributed by atoms with Crippen molar-refractivity contribution in [2.24, 2.45) is 0 Å². The molecule has 0 unspecified atom stereocenters. The Hall–Kier alpha value is -3.93. The molecule has 2 atom stereocenters. The van der Waals surface area contributed by atoms with Gasteiger partial charge in [-0.3, -0.25) is 23.7 Å². The van der Waals surface area contributed by atoms with Crippen molar-refractivity contribution in [3.05, 3.63) is 59.1 Å². The number of anilines is 1. The quantitative estimate of drug-likeness (QED) is 0.254. The second-order valence-electron chi connectivity index (χ2n) is 9.96. The number of likely N-dealkylation sites (tertiary alicyclic amines) is 1. The van der Waals surface area contributed by atoms with Crippen molar-refractivity contribution >= 4 is 50.2 Å². The van der Waals surface area contributed by atoms with Crippen molar-refractivity contribution in [2.75, 3.05) is 11.9 Å². The molecule has 10 nitrogen and oxygen atoms in total. The zero-order chi connectivity index (χ0) is 27.3. The minimum absolute atomic E-state index is 0.109. The number of alkyl halides is 1. The predicted octanol–water partition coefficient (Wildman–Crippen LogP) is 4.17. The van der Waals surface area contributed by atoms with Crippen molar-refractivity contribution < 1.29 is 18.8 Å². The molecule has 1 aromatic carbocycles. The largest absolute Gasteiger partial charge is 0.326 e. The van der Waals surface area contributed by atoms with E-state index in [1.165, 1.54) is 16.5 Å². The molecule has 12 heteroatoms. The lowest BCUT2D eigenvalue weighted by Crippen LogP contribution is -2.44. The Morgan fingerprint density at radius 1 is 1.15 bits per heavy atom. The van der Waals surface area contributed by atoms with Crippen molar-refractivity contribution in [2.45, 2.75) is 51.0 Å². The second kappa shape index (κ2) is 9.99. The normalized spacial score (nSPS) is 19.0. The summed E-state index contributed by atoms with van der Waals surface area (Å²) in [6.45, 7) is 0.987. The highest BCUT2D eigenvalue weighted by atomic mass is 79.9. The highest BCUT2D eigenvalue weighted by molar-refractivity contribution is 9.10. The van der Waals surface area contributed by atoms with Crippen LogP contribution >= 0.6 is 15.9 Å². The number of fused-ring (bicyclic) bond motifs is 1. The Kier molecular flexibility index (Phi) is 6.49. The Morgan fingerprint density at radius 3 is 2.72 bits per heavy atom. The predicted molar refractivity (Wildman–Crippen MR) is 145 cm³/mol. The van der Waals surface area contributed by atoms with Gasteiger partial charge in [-0.25, -0.2) is 9.37 Å². The molecule has 1 saturated carbocycles. The molecule has 1 aliphatic heterocycles. The van der Waals surface area contributed by atoms with Gasteiger partial charge in [-0.1, -0.05) is 12.1 Å². The van der Waals surface area contributed by atoms with Crippen LogP contribution in [0.2, 0.25) is 0 Å². The molecule has 4 aromatic rings. The third kappa shape index (κ3) is 5.08. The van der Waals surface area contributed by atoms with Gasteiger partial charge in [0.25, 0.3) is 0 Å². The molecule has 6 rings (SSSR count). The van der Waals surface area contributed by atoms with Gasteiger partial charge in [-0.15, -0.1) is 0 Å². The number of rotatable bonds is 7. The lowest BCUT2D eigenvalue weighted by atomic mass is 10.1. The van der Waals surface area contributed by atoms with Crippen LogP contribution in [0, 0.1) is 0 Å². The number of aromatic nitrogens is 5. The van der Waals surface area contributed by atoms with Crippen molar-refractivity contribution in [3.63, 3.8) is 0 Å². The Labute approximate surface area is 231 Å². The SMILES string of the molecule is CC(=O)c1nn(CC(=O)N2C[C@H](F)C[C@H]2C(=O)Nc2cccc(Br)n2)c2ccc(-c3cnn(C4CC4)c3)cc12. The zero-order valence-electron chi connectivity index (χ0n) is 21.1. The molecular weight excluding hydrogens is 569 g/mol. The standard InChI is InChI=1S/C27H25BrFN7O3/c1-15(37)26-20-9-16(17-11-30-35(12-17)19-6-7-19)5-8-21(20)36(33-26)14-25(38)34-13-18(29)10-22(34)27(39)32-24-4-2-3-23(28)31-24/h2-5,8-9,11-12,18-19,22H,6-7,10,13-14H2,1H3,(H,31,32,39)/t18-,22+/m1/s1. The van der Waals surface area contributed by atoms with Gasteiger partial charge in [0.15, 0.2) is 5.78 Å². The molecule has 1 N–H and O–H groups in total. The van der Waals surface area contributed by atoms with Crippen molar-refractivity contribution in [3.8, 4) is 11.1 Å². The monoisotopic (exact) mass is 593 g/mol. The molecule has 3 aromatic heterocycles. The Morgan fingerprint density at radius 2 is 1.97 bits per heavy atom. The molecule has 2 aliphatic rings. The first-order valence-corrected chi connectivity index (χ1v) is 13.5. The van der Waals surface area contributed by atoms with Crippen molar-refractivity contribution in [1.82, 2.24) is 29.4 Å². The van der Waals surface area contributed by atoms with Gasteiger partial charge in [0.1, 0.15) is 34.9 Å². The summed E-state index contributed by atoms with van der Waals surface area (Å²) in [5.74, 6) is -0.917. The number of nitrogens with zero attached hydrogens (tertiary/aromatic N) is 6. The first-order valence-electron chi connectivity index (χ1n) is 12.7. The fourth-order valence-corrected chi connectivity index (χ4v) is 5.32. The molecule has 2 amide bonds. The summed E-state index contributed by atoms with van der Waals surface area (Å²) in [7, 11) is 0. The van der Waals surface area contributed by atoms with Gasteiger partial charge in [-0.05, 0) is 58.6 Å². The molecular formula is C27H25BrFN7O3. The van der Waals surface area contributed by atoms with Crippen LogP contribution in [-0.2, 0) is 16.1 Å². The number of carbonyl (C=O) groups excluding carboxylic acids is 3. The van der Waals surface area contributed by atoms with Crippen LogP contribution < -0.4 is 5.32 Å². The summed E-state index contributed by atoms with van der Waals surface area (Å²) in [5, 5.41) is 12.2. The van der Waals surface area contributed by atoms with Crippen LogP contribution in [0.5, 0.6) is 0 Å². The van der Waals surface area contributed by atoms with Crippen LogP contribution in [0.25, 0.3) is 22.0 Å². The van der Waals surface area contributed by atoms with Crippen LogP contribution in [0.4, 0.5) is 10.2 Å². The van der Waals surface area contributed by atoms with Gasteiger partial charge in [0.2, 0.25) is 11.8 Å². The maximum absolute atomic E-state index is 14.4. The molecule has 1 aliphatic carbocycles. The highest BCUT2D eigenvalue weighted by Crippen LogP contribution is 2.36. The van der Waals surface area contributed by atoms with E-state index in [0.717, 1.165) is 24.0 Å². The summed E-state index contributed by atoms with van der Waals surface area (Å²) in [4.78, 5) is 44.2. The number of ketones is 1. The lowest BCUT2D eigenvalue weighted by Gasteiger charge is -2.23. The van der Waals surface area contributed by atoms with Gasteiger partial charge in [0, 0.05) is 30.5 Å². The molecule has 2 fully saturated rings. The van der Waals surface area contributed by atoms with E-state index in [-0.39, 0.29) is 31.0 Å². The first-order chi connectivity index (χ1) is 18.8. The number of halogens is 2. The molecule has 0 bridgehead atoms. The minimum Gasteiger partial charge on any atom is -0.326 e. The van der Waals surface area contributed by atoms with E-state index >= 15 is 0 Å². The number of hydrogen-bond donors (Lipinski definition) is 1. The van der Waals surface area contributed by atoms with E-state index in [9.17, 15) is 18.8 Å². The Bertz CT molecular complexity index is 1610. The molecule has 39 heavy (non-hydrogen) atoms. The van der Waals surface area contributed by atoms with Crippen LogP contribution in [-0.4, -0.2) is 65.8 Å². The molecule has 1 saturated heterocycles. The first kappa shape index (κ1) is 25.4. The fraction of sp³-hybridized carbons (Fsp3) is 0.333. The summed E-state index contributed by atoms with van der Waals surface area (Å²) in [5.41, 5.74) is 2.67. The summed E-state index contributed by atoms with van der Waals surface area (Å²) >= 11 is 3.25. The van der Waals surface area contributed by atoms with E-state index in [1.807, 2.05) is 29.1 Å². The van der Waals surface area contributed by atoms with Gasteiger partial charge < -0.3 is 10.2 Å². The zero-order valence-corrected chi connectivity index (χ0v) is 22.6. The van der Waals surface area contributed by atoms with E-state index in [0.29, 0.717) is 27.4 Å². The number of nitrogens with one attached hydrogen (secondary N) is 1. The van der Waals surface area contributed by atoms with Crippen LogP contribution in [0.1, 0.15) is 42.7 Å². The van der Waals surface area contributed by atoms with E-state index in [2.05, 4.69) is 36.4 Å². The van der Waals surface area contributed by atoms with Crippen LogP contribution in [0.15, 0.2) is 53.4 Å². The number of carbonyl (C=O) groups is 3. The van der Waals surface area contributed by atoms with Gasteiger partial charge in [-0.2, -0.15) is 10.2 Å². The highest BCUT2D eigenvalue weighted by Gasteiger charge is 2.40. The number of amides is 2. The van der Waals surface area contributed by atoms with E-state index in [1.54, 1.807) is 24.4 Å².